The molecular weight excluding hydrogens is 657 g/mol. The predicted octanol–water partition coefficient (Wildman–Crippen LogP) is 8.39. The summed E-state index contributed by atoms with van der Waals surface area (Å²) in [5.74, 6) is 3.26. The van der Waals surface area contributed by atoms with Crippen LogP contribution in [0.4, 0.5) is 34.1 Å². The quantitative estimate of drug-likeness (QED) is 0.0891. The zero-order chi connectivity index (χ0) is 35.3. The maximum Gasteiger partial charge on any atom is 1.00 e. The fourth-order valence-electron chi connectivity index (χ4n) is 6.67. The van der Waals surface area contributed by atoms with E-state index in [0.717, 1.165) is 70.1 Å². The third-order valence-corrected chi connectivity index (χ3v) is 9.31. The first kappa shape index (κ1) is 36.7. The third-order valence-electron chi connectivity index (χ3n) is 9.31. The number of hydrogen-bond donors (Lipinski definition) is 0. The molecule has 0 saturated heterocycles. The Labute approximate surface area is 328 Å². The maximum atomic E-state index is 5.48. The molecule has 0 spiro atoms. The summed E-state index contributed by atoms with van der Waals surface area (Å²) in [6.07, 6.45) is 3.17. The van der Waals surface area contributed by atoms with Crippen LogP contribution in [0.1, 0.15) is 13.3 Å². The summed E-state index contributed by atoms with van der Waals surface area (Å²) in [6.45, 7) is 2.97. The summed E-state index contributed by atoms with van der Waals surface area (Å²) in [7, 11) is 6.76. The van der Waals surface area contributed by atoms with E-state index >= 15 is 0 Å². The SMILES string of the molecule is C[CH-]CCn1c2cc(N(c3ccc(OC)cc3)c3ccc(OC)cc3)ccc2c2ccc(N(c3ccc(OC)cc3)c3ccc(OC)cc3)cc21.[Na+]. The van der Waals surface area contributed by atoms with Gasteiger partial charge in [0.1, 0.15) is 23.0 Å². The van der Waals surface area contributed by atoms with Crippen molar-refractivity contribution in [1.82, 2.24) is 4.57 Å². The van der Waals surface area contributed by atoms with Gasteiger partial charge in [-0.3, -0.25) is 0 Å². The predicted molar refractivity (Wildman–Crippen MR) is 210 cm³/mol. The zero-order valence-corrected chi connectivity index (χ0v) is 32.7. The van der Waals surface area contributed by atoms with E-state index in [1.54, 1.807) is 28.4 Å². The summed E-state index contributed by atoms with van der Waals surface area (Å²) in [6, 6.07) is 46.3. The standard InChI is InChI=1S/C44H42N3O4.Na/c1-6-7-28-45-43-29-35(46(31-8-18-37(48-2)19-9-31)32-10-20-38(49-3)21-11-32)16-26-41(43)42-27-17-36(30-44(42)45)47(33-12-22-39(50-4)23-13-33)34-14-24-40(51-5)25-15-34;/h6,8-27,29-30H,7,28H2,1-5H3;/q-1;+1. The average Bonchev–Trinajstić information content (AvgIpc) is 3.50. The molecule has 0 N–H and O–H groups in total. The number of hydrogen-bond acceptors (Lipinski definition) is 6. The van der Waals surface area contributed by atoms with Crippen molar-refractivity contribution in [3.63, 3.8) is 0 Å². The van der Waals surface area contributed by atoms with Crippen LogP contribution in [0.25, 0.3) is 21.8 Å². The molecule has 0 unspecified atom stereocenters. The molecule has 0 aliphatic heterocycles. The minimum absolute atomic E-state index is 0. The van der Waals surface area contributed by atoms with Crippen LogP contribution in [-0.2, 0) is 6.54 Å². The van der Waals surface area contributed by atoms with Crippen molar-refractivity contribution in [3.05, 3.63) is 140 Å². The van der Waals surface area contributed by atoms with Crippen molar-refractivity contribution in [3.8, 4) is 23.0 Å². The van der Waals surface area contributed by atoms with E-state index in [1.165, 1.54) is 21.8 Å². The van der Waals surface area contributed by atoms with Crippen LogP contribution in [0.15, 0.2) is 133 Å². The molecule has 52 heavy (non-hydrogen) atoms. The van der Waals surface area contributed by atoms with E-state index in [4.69, 9.17) is 18.9 Å². The minimum atomic E-state index is 0. The van der Waals surface area contributed by atoms with Crippen molar-refractivity contribution in [2.24, 2.45) is 0 Å². The number of rotatable bonds is 13. The van der Waals surface area contributed by atoms with Crippen molar-refractivity contribution in [1.29, 1.82) is 0 Å². The molecule has 0 aliphatic carbocycles. The van der Waals surface area contributed by atoms with Crippen molar-refractivity contribution in [2.45, 2.75) is 19.9 Å². The third kappa shape index (κ3) is 7.30. The minimum Gasteiger partial charge on any atom is -0.497 e. The molecule has 0 fully saturated rings. The number of ether oxygens (including phenoxy) is 4. The molecule has 8 heteroatoms. The molecule has 1 heterocycles. The summed E-state index contributed by atoms with van der Waals surface area (Å²) in [5.41, 5.74) is 8.58. The maximum absolute atomic E-state index is 5.48. The Kier molecular flexibility index (Phi) is 11.7. The van der Waals surface area contributed by atoms with Crippen molar-refractivity contribution in [2.75, 3.05) is 38.2 Å². The smallest absolute Gasteiger partial charge is 0.497 e. The van der Waals surface area contributed by atoms with Crippen molar-refractivity contribution >= 4 is 55.9 Å². The number of nitrogens with zero attached hydrogens (tertiary/aromatic N) is 3. The Bertz CT molecular complexity index is 1980. The molecule has 0 atom stereocenters. The van der Waals surface area contributed by atoms with Gasteiger partial charge in [0.25, 0.3) is 0 Å². The summed E-state index contributed by atoms with van der Waals surface area (Å²) in [4.78, 5) is 4.54. The van der Waals surface area contributed by atoms with Crippen LogP contribution < -0.4 is 58.3 Å². The van der Waals surface area contributed by atoms with Gasteiger partial charge in [-0.2, -0.15) is 13.3 Å². The van der Waals surface area contributed by atoms with Crippen LogP contribution in [0.2, 0.25) is 0 Å². The second-order valence-electron chi connectivity index (χ2n) is 12.2. The Morgan fingerprint density at radius 1 is 0.442 bits per heavy atom. The molecule has 7 aromatic rings. The van der Waals surface area contributed by atoms with Gasteiger partial charge in [-0.05, 0) is 128 Å². The monoisotopic (exact) mass is 699 g/mol. The molecule has 0 saturated carbocycles. The number of benzene rings is 6. The number of aromatic nitrogens is 1. The molecule has 0 amide bonds. The van der Waals surface area contributed by atoms with Gasteiger partial charge >= 0.3 is 29.6 Å². The number of unbranched alkanes of at least 4 members (excludes halogenated alkanes) is 1. The molecule has 1 aromatic heterocycles. The second kappa shape index (κ2) is 16.5. The molecule has 0 aliphatic rings. The van der Waals surface area contributed by atoms with Gasteiger partial charge in [0.2, 0.25) is 0 Å². The molecule has 0 radical (unpaired) electrons. The Balaban J connectivity index is 0.00000464. The Hall–Kier alpha value is -5.08. The second-order valence-corrected chi connectivity index (χ2v) is 12.2. The molecule has 258 valence electrons. The summed E-state index contributed by atoms with van der Waals surface area (Å²) >= 11 is 0. The summed E-state index contributed by atoms with van der Waals surface area (Å²) < 4.78 is 24.4. The first-order valence-electron chi connectivity index (χ1n) is 17.1. The molecule has 0 bridgehead atoms. The van der Waals surface area contributed by atoms with Crippen LogP contribution in [-0.4, -0.2) is 33.0 Å². The van der Waals surface area contributed by atoms with Crippen LogP contribution in [0, 0.1) is 6.42 Å². The first-order valence-corrected chi connectivity index (χ1v) is 17.1. The van der Waals surface area contributed by atoms with Crippen LogP contribution in [0.5, 0.6) is 23.0 Å². The van der Waals surface area contributed by atoms with E-state index < -0.39 is 0 Å². The Morgan fingerprint density at radius 3 is 1.00 bits per heavy atom. The van der Waals surface area contributed by atoms with Crippen LogP contribution in [0.3, 0.4) is 0 Å². The number of aryl methyl sites for hydroxylation is 1. The number of fused-ring (bicyclic) bond motifs is 3. The van der Waals surface area contributed by atoms with Gasteiger partial charge in [-0.25, -0.2) is 0 Å². The normalized spacial score (nSPS) is 10.9. The van der Waals surface area contributed by atoms with Gasteiger partial charge in [-0.15, -0.1) is 0 Å². The molecular formula is C44H42N3NaO4. The van der Waals surface area contributed by atoms with E-state index in [-0.39, 0.29) is 29.6 Å². The van der Waals surface area contributed by atoms with E-state index in [1.807, 2.05) is 48.5 Å². The largest absolute Gasteiger partial charge is 1.00 e. The van der Waals surface area contributed by atoms with Gasteiger partial charge < -0.3 is 39.7 Å². The summed E-state index contributed by atoms with van der Waals surface area (Å²) in [5, 5.41) is 2.42. The van der Waals surface area contributed by atoms with E-state index in [0.29, 0.717) is 0 Å². The molecule has 6 aromatic carbocycles. The van der Waals surface area contributed by atoms with Gasteiger partial charge in [-0.1, -0.05) is 12.1 Å². The zero-order valence-electron chi connectivity index (χ0n) is 30.7. The topological polar surface area (TPSA) is 48.3 Å². The fourth-order valence-corrected chi connectivity index (χ4v) is 6.67. The average molecular weight is 700 g/mol. The van der Waals surface area contributed by atoms with E-state index in [2.05, 4.69) is 113 Å². The van der Waals surface area contributed by atoms with Crippen LogP contribution >= 0.6 is 0 Å². The van der Waals surface area contributed by atoms with Gasteiger partial charge in [0.15, 0.2) is 0 Å². The first-order chi connectivity index (χ1) is 25.0. The van der Waals surface area contributed by atoms with Gasteiger partial charge in [0, 0.05) is 44.9 Å². The number of anilines is 6. The van der Waals surface area contributed by atoms with Gasteiger partial charge in [0.05, 0.1) is 39.5 Å². The number of methoxy groups -OCH3 is 4. The van der Waals surface area contributed by atoms with E-state index in [9.17, 15) is 0 Å². The Morgan fingerprint density at radius 2 is 0.731 bits per heavy atom. The van der Waals surface area contributed by atoms with Crippen molar-refractivity contribution < 1.29 is 48.5 Å². The molecule has 7 rings (SSSR count). The molecule has 7 nitrogen and oxygen atoms in total. The fraction of sp³-hybridized carbons (Fsp3) is 0.159.